The first-order chi connectivity index (χ1) is 13.7. The zero-order chi connectivity index (χ0) is 19.3. The van der Waals surface area contributed by atoms with E-state index in [0.717, 1.165) is 30.6 Å². The molecule has 2 aromatic carbocycles. The molecule has 0 radical (unpaired) electrons. The highest BCUT2D eigenvalue weighted by Crippen LogP contribution is 2.39. The van der Waals surface area contributed by atoms with Gasteiger partial charge in [-0.3, -0.25) is 9.59 Å². The van der Waals surface area contributed by atoms with Gasteiger partial charge in [0.25, 0.3) is 5.91 Å². The molecule has 0 saturated carbocycles. The highest BCUT2D eigenvalue weighted by atomic mass is 32.2. The SMILES string of the molecule is O=C(NCC1CCCO1)c1ccc(C2SCC(=O)N2Cc2ccccc2)cc1. The van der Waals surface area contributed by atoms with E-state index in [4.69, 9.17) is 4.74 Å². The average Bonchev–Trinajstić information content (AvgIpc) is 3.38. The summed E-state index contributed by atoms with van der Waals surface area (Å²) in [7, 11) is 0. The minimum atomic E-state index is -0.0849. The number of amides is 2. The van der Waals surface area contributed by atoms with Gasteiger partial charge in [0.05, 0.1) is 11.9 Å². The Kier molecular flexibility index (Phi) is 5.98. The van der Waals surface area contributed by atoms with Crippen LogP contribution < -0.4 is 5.32 Å². The smallest absolute Gasteiger partial charge is 0.251 e. The van der Waals surface area contributed by atoms with E-state index in [2.05, 4.69) is 5.32 Å². The molecule has 0 bridgehead atoms. The molecule has 4 rings (SSSR count). The van der Waals surface area contributed by atoms with E-state index in [-0.39, 0.29) is 23.3 Å². The van der Waals surface area contributed by atoms with Crippen molar-refractivity contribution in [3.8, 4) is 0 Å². The predicted molar refractivity (Wildman–Crippen MR) is 110 cm³/mol. The highest BCUT2D eigenvalue weighted by molar-refractivity contribution is 8.00. The lowest BCUT2D eigenvalue weighted by molar-refractivity contribution is -0.128. The maximum atomic E-state index is 12.4. The Morgan fingerprint density at radius 1 is 1.14 bits per heavy atom. The van der Waals surface area contributed by atoms with E-state index in [1.807, 2.05) is 59.5 Å². The fourth-order valence-electron chi connectivity index (χ4n) is 3.59. The number of thioether (sulfide) groups is 1. The van der Waals surface area contributed by atoms with Gasteiger partial charge in [0, 0.05) is 25.3 Å². The number of hydrogen-bond acceptors (Lipinski definition) is 4. The van der Waals surface area contributed by atoms with Crippen LogP contribution in [0.5, 0.6) is 0 Å². The number of nitrogens with one attached hydrogen (secondary N) is 1. The topological polar surface area (TPSA) is 58.6 Å². The van der Waals surface area contributed by atoms with Crippen LogP contribution in [0, 0.1) is 0 Å². The van der Waals surface area contributed by atoms with Crippen LogP contribution in [0.2, 0.25) is 0 Å². The van der Waals surface area contributed by atoms with Crippen LogP contribution >= 0.6 is 11.8 Å². The predicted octanol–water partition coefficient (Wildman–Crippen LogP) is 3.37. The quantitative estimate of drug-likeness (QED) is 0.813. The Morgan fingerprint density at radius 3 is 2.64 bits per heavy atom. The van der Waals surface area contributed by atoms with Gasteiger partial charge in [-0.25, -0.2) is 0 Å². The standard InChI is InChI=1S/C22H24N2O3S/c25-20-15-28-22(24(20)14-16-5-2-1-3-6-16)18-10-8-17(9-11-18)21(26)23-13-19-7-4-12-27-19/h1-3,5-6,8-11,19,22H,4,7,12-15H2,(H,23,26). The first kappa shape index (κ1) is 19.0. The van der Waals surface area contributed by atoms with Crippen molar-refractivity contribution in [2.75, 3.05) is 18.9 Å². The fraction of sp³-hybridized carbons (Fsp3) is 0.364. The second-order valence-corrected chi connectivity index (χ2v) is 8.21. The summed E-state index contributed by atoms with van der Waals surface area (Å²) in [5.74, 6) is 0.553. The van der Waals surface area contributed by atoms with Crippen molar-refractivity contribution in [2.45, 2.75) is 30.9 Å². The van der Waals surface area contributed by atoms with Crippen molar-refractivity contribution < 1.29 is 14.3 Å². The Hall–Kier alpha value is -2.31. The first-order valence-electron chi connectivity index (χ1n) is 9.65. The molecule has 2 unspecified atom stereocenters. The summed E-state index contributed by atoms with van der Waals surface area (Å²) in [6, 6.07) is 17.6. The van der Waals surface area contributed by atoms with Crippen LogP contribution in [0.1, 0.15) is 39.7 Å². The van der Waals surface area contributed by atoms with Crippen LogP contribution in [-0.2, 0) is 16.1 Å². The number of rotatable bonds is 6. The summed E-state index contributed by atoms with van der Waals surface area (Å²) in [4.78, 5) is 26.6. The zero-order valence-corrected chi connectivity index (χ0v) is 16.5. The molecule has 2 atom stereocenters. The largest absolute Gasteiger partial charge is 0.376 e. The third-order valence-corrected chi connectivity index (χ3v) is 6.39. The average molecular weight is 397 g/mol. The summed E-state index contributed by atoms with van der Waals surface area (Å²) in [6.07, 6.45) is 2.20. The fourth-order valence-corrected chi connectivity index (χ4v) is 4.78. The summed E-state index contributed by atoms with van der Waals surface area (Å²) in [5, 5.41) is 2.93. The van der Waals surface area contributed by atoms with Crippen LogP contribution in [0.4, 0.5) is 0 Å². The van der Waals surface area contributed by atoms with Crippen molar-refractivity contribution in [1.82, 2.24) is 10.2 Å². The van der Waals surface area contributed by atoms with Crippen LogP contribution in [0.15, 0.2) is 54.6 Å². The second kappa shape index (κ2) is 8.80. The molecule has 2 fully saturated rings. The van der Waals surface area contributed by atoms with Gasteiger partial charge >= 0.3 is 0 Å². The van der Waals surface area contributed by atoms with Gasteiger partial charge in [-0.15, -0.1) is 11.8 Å². The Labute approximate surface area is 169 Å². The summed E-state index contributed by atoms with van der Waals surface area (Å²) in [6.45, 7) is 1.94. The van der Waals surface area contributed by atoms with Crippen molar-refractivity contribution in [1.29, 1.82) is 0 Å². The highest BCUT2D eigenvalue weighted by Gasteiger charge is 2.32. The Morgan fingerprint density at radius 2 is 1.93 bits per heavy atom. The minimum absolute atomic E-state index is 0.0169. The Bertz CT molecular complexity index is 819. The van der Waals surface area contributed by atoms with Gasteiger partial charge in [-0.1, -0.05) is 42.5 Å². The normalized spacial score (nSPS) is 21.9. The van der Waals surface area contributed by atoms with E-state index in [1.165, 1.54) is 0 Å². The van der Waals surface area contributed by atoms with E-state index in [1.54, 1.807) is 11.8 Å². The number of carbonyl (C=O) groups excluding carboxylic acids is 2. The van der Waals surface area contributed by atoms with E-state index in [0.29, 0.717) is 24.4 Å². The molecule has 2 aromatic rings. The second-order valence-electron chi connectivity index (χ2n) is 7.14. The molecule has 0 aromatic heterocycles. The van der Waals surface area contributed by atoms with Gasteiger partial charge in [0.1, 0.15) is 5.37 Å². The van der Waals surface area contributed by atoms with Crippen molar-refractivity contribution in [3.05, 3.63) is 71.3 Å². The lowest BCUT2D eigenvalue weighted by atomic mass is 10.1. The third kappa shape index (κ3) is 4.39. The van der Waals surface area contributed by atoms with Gasteiger partial charge in [0.15, 0.2) is 0 Å². The van der Waals surface area contributed by atoms with Gasteiger partial charge in [0.2, 0.25) is 5.91 Å². The van der Waals surface area contributed by atoms with Gasteiger partial charge < -0.3 is 15.0 Å². The number of carbonyl (C=O) groups is 2. The molecule has 146 valence electrons. The summed E-state index contributed by atoms with van der Waals surface area (Å²) in [5.41, 5.74) is 2.79. The maximum absolute atomic E-state index is 12.4. The molecule has 28 heavy (non-hydrogen) atoms. The molecule has 6 heteroatoms. The monoisotopic (exact) mass is 396 g/mol. The number of benzene rings is 2. The Balaban J connectivity index is 1.40. The van der Waals surface area contributed by atoms with E-state index >= 15 is 0 Å². The maximum Gasteiger partial charge on any atom is 0.251 e. The molecular weight excluding hydrogens is 372 g/mol. The molecule has 2 saturated heterocycles. The van der Waals surface area contributed by atoms with Crippen LogP contribution in [0.25, 0.3) is 0 Å². The number of ether oxygens (including phenoxy) is 1. The van der Waals surface area contributed by atoms with Crippen molar-refractivity contribution in [2.24, 2.45) is 0 Å². The van der Waals surface area contributed by atoms with Crippen molar-refractivity contribution in [3.63, 3.8) is 0 Å². The molecule has 1 N–H and O–H groups in total. The molecular formula is C22H24N2O3S. The minimum Gasteiger partial charge on any atom is -0.376 e. The van der Waals surface area contributed by atoms with Crippen LogP contribution in [-0.4, -0.2) is 41.7 Å². The lowest BCUT2D eigenvalue weighted by Crippen LogP contribution is -2.31. The lowest BCUT2D eigenvalue weighted by Gasteiger charge is -2.24. The molecule has 2 aliphatic heterocycles. The van der Waals surface area contributed by atoms with E-state index < -0.39 is 0 Å². The molecule has 2 amide bonds. The molecule has 0 aliphatic carbocycles. The van der Waals surface area contributed by atoms with Gasteiger partial charge in [-0.05, 0) is 36.1 Å². The number of nitrogens with zero attached hydrogens (tertiary/aromatic N) is 1. The zero-order valence-electron chi connectivity index (χ0n) is 15.7. The molecule has 2 aliphatic rings. The first-order valence-corrected chi connectivity index (χ1v) is 10.7. The number of hydrogen-bond donors (Lipinski definition) is 1. The van der Waals surface area contributed by atoms with Crippen molar-refractivity contribution >= 4 is 23.6 Å². The van der Waals surface area contributed by atoms with Crippen LogP contribution in [0.3, 0.4) is 0 Å². The summed E-state index contributed by atoms with van der Waals surface area (Å²) < 4.78 is 5.54. The molecule has 0 spiro atoms. The summed E-state index contributed by atoms with van der Waals surface area (Å²) >= 11 is 1.63. The van der Waals surface area contributed by atoms with E-state index in [9.17, 15) is 9.59 Å². The molecule has 5 nitrogen and oxygen atoms in total. The molecule has 2 heterocycles. The van der Waals surface area contributed by atoms with Gasteiger partial charge in [-0.2, -0.15) is 0 Å². The third-order valence-electron chi connectivity index (χ3n) is 5.14.